The molecule has 0 fully saturated rings. The average Bonchev–Trinajstić information content (AvgIpc) is 2.19. The first-order chi connectivity index (χ1) is 7.71. The largest absolute Gasteiger partial charge is 0.478 e. The van der Waals surface area contributed by atoms with Crippen LogP contribution in [0.15, 0.2) is 12.3 Å². The Kier molecular flexibility index (Phi) is 3.35. The average molecular weight is 248 g/mol. The van der Waals surface area contributed by atoms with Crippen molar-refractivity contribution >= 4 is 17.6 Å². The highest BCUT2D eigenvalue weighted by molar-refractivity contribution is 5.97. The van der Waals surface area contributed by atoms with E-state index in [1.54, 1.807) is 5.32 Å². The van der Waals surface area contributed by atoms with E-state index in [4.69, 9.17) is 5.11 Å². The smallest absolute Gasteiger partial charge is 0.471 e. The minimum atomic E-state index is -5.04. The van der Waals surface area contributed by atoms with Crippen LogP contribution in [0.4, 0.5) is 18.9 Å². The number of hydrogen-bond donors (Lipinski definition) is 2. The Balaban J connectivity index is 3.02. The molecule has 0 saturated carbocycles. The van der Waals surface area contributed by atoms with Crippen molar-refractivity contribution in [1.82, 2.24) is 4.98 Å². The molecule has 0 unspecified atom stereocenters. The van der Waals surface area contributed by atoms with E-state index in [9.17, 15) is 22.8 Å². The molecule has 2 N–H and O–H groups in total. The maximum atomic E-state index is 12.0. The van der Waals surface area contributed by atoms with E-state index in [0.29, 0.717) is 0 Å². The minimum Gasteiger partial charge on any atom is -0.478 e. The van der Waals surface area contributed by atoms with Gasteiger partial charge in [0.25, 0.3) is 0 Å². The lowest BCUT2D eigenvalue weighted by molar-refractivity contribution is -0.167. The molecule has 0 spiro atoms. The number of alkyl halides is 3. The minimum absolute atomic E-state index is 0.0904. The molecule has 0 atom stereocenters. The molecule has 1 rings (SSSR count). The van der Waals surface area contributed by atoms with Crippen LogP contribution in [-0.4, -0.2) is 28.1 Å². The first-order valence-electron chi connectivity index (χ1n) is 4.30. The number of pyridine rings is 1. The van der Waals surface area contributed by atoms with E-state index in [-0.39, 0.29) is 16.9 Å². The van der Waals surface area contributed by atoms with Gasteiger partial charge in [0.15, 0.2) is 0 Å². The van der Waals surface area contributed by atoms with Crippen LogP contribution in [0.2, 0.25) is 0 Å². The zero-order chi connectivity index (χ0) is 13.2. The predicted molar refractivity (Wildman–Crippen MR) is 50.6 cm³/mol. The highest BCUT2D eigenvalue weighted by Gasteiger charge is 2.39. The number of carbonyl (C=O) groups excluding carboxylic acids is 1. The molecule has 0 bridgehead atoms. The molecule has 1 heterocycles. The highest BCUT2D eigenvalue weighted by Crippen LogP contribution is 2.20. The Morgan fingerprint density at radius 3 is 2.47 bits per heavy atom. The van der Waals surface area contributed by atoms with Crippen molar-refractivity contribution in [2.45, 2.75) is 13.1 Å². The van der Waals surface area contributed by atoms with Gasteiger partial charge in [-0.05, 0) is 13.0 Å². The number of nitrogens with one attached hydrogen (secondary N) is 1. The number of nitrogens with zero attached hydrogens (tertiary/aromatic N) is 1. The lowest BCUT2D eigenvalue weighted by Gasteiger charge is -2.10. The third-order valence-electron chi connectivity index (χ3n) is 1.84. The topological polar surface area (TPSA) is 79.3 Å². The molecular weight excluding hydrogens is 241 g/mol. The molecule has 92 valence electrons. The van der Waals surface area contributed by atoms with Crippen LogP contribution in [0.3, 0.4) is 0 Å². The third-order valence-corrected chi connectivity index (χ3v) is 1.84. The fourth-order valence-corrected chi connectivity index (χ4v) is 0.970. The molecule has 1 aromatic heterocycles. The number of carbonyl (C=O) groups is 2. The predicted octanol–water partition coefficient (Wildman–Crippen LogP) is 1.59. The first-order valence-corrected chi connectivity index (χ1v) is 4.30. The van der Waals surface area contributed by atoms with Gasteiger partial charge in [-0.2, -0.15) is 13.2 Å². The highest BCUT2D eigenvalue weighted by atomic mass is 19.4. The Bertz CT molecular complexity index is 471. The van der Waals surface area contributed by atoms with E-state index in [2.05, 4.69) is 4.98 Å². The Labute approximate surface area is 93.3 Å². The van der Waals surface area contributed by atoms with Crippen molar-refractivity contribution in [2.24, 2.45) is 0 Å². The number of aromatic carboxylic acids is 1. The van der Waals surface area contributed by atoms with Crippen molar-refractivity contribution in [3.05, 3.63) is 23.5 Å². The van der Waals surface area contributed by atoms with E-state index in [1.165, 1.54) is 6.92 Å². The van der Waals surface area contributed by atoms with Gasteiger partial charge in [0.1, 0.15) is 0 Å². The summed E-state index contributed by atoms with van der Waals surface area (Å²) in [4.78, 5) is 24.8. The fourth-order valence-electron chi connectivity index (χ4n) is 0.970. The van der Waals surface area contributed by atoms with Crippen LogP contribution in [0.25, 0.3) is 0 Å². The second-order valence-corrected chi connectivity index (χ2v) is 3.11. The van der Waals surface area contributed by atoms with E-state index >= 15 is 0 Å². The molecule has 1 amide bonds. The molecule has 5 nitrogen and oxygen atoms in total. The Hall–Kier alpha value is -2.12. The molecule has 0 aromatic carbocycles. The quantitative estimate of drug-likeness (QED) is 0.832. The zero-order valence-corrected chi connectivity index (χ0v) is 8.50. The summed E-state index contributed by atoms with van der Waals surface area (Å²) < 4.78 is 35.9. The number of hydrogen-bond acceptors (Lipinski definition) is 3. The molecule has 0 aliphatic heterocycles. The van der Waals surface area contributed by atoms with Gasteiger partial charge in [-0.3, -0.25) is 9.78 Å². The standard InChI is InChI=1S/C9H7F3N2O3/c1-4-6(14-8(17)9(10,11)12)2-5(3-13-4)7(15)16/h2-3H,1H3,(H,14,17)(H,15,16). The number of halogens is 3. The monoisotopic (exact) mass is 248 g/mol. The van der Waals surface area contributed by atoms with Crippen molar-refractivity contribution in [3.8, 4) is 0 Å². The molecule has 0 aliphatic carbocycles. The Morgan fingerprint density at radius 1 is 1.41 bits per heavy atom. The van der Waals surface area contributed by atoms with Crippen molar-refractivity contribution < 1.29 is 27.9 Å². The van der Waals surface area contributed by atoms with Gasteiger partial charge in [0.05, 0.1) is 16.9 Å². The second kappa shape index (κ2) is 4.40. The number of aromatic nitrogens is 1. The van der Waals surface area contributed by atoms with Gasteiger partial charge in [-0.15, -0.1) is 0 Å². The summed E-state index contributed by atoms with van der Waals surface area (Å²) in [5.41, 5.74) is -0.507. The maximum absolute atomic E-state index is 12.0. The number of aryl methyl sites for hydroxylation is 1. The van der Waals surface area contributed by atoms with Gasteiger partial charge in [0.2, 0.25) is 0 Å². The fraction of sp³-hybridized carbons (Fsp3) is 0.222. The summed E-state index contributed by atoms with van der Waals surface area (Å²) in [6.07, 6.45) is -4.05. The first kappa shape index (κ1) is 12.9. The van der Waals surface area contributed by atoms with Gasteiger partial charge in [-0.25, -0.2) is 4.79 Å². The van der Waals surface area contributed by atoms with Gasteiger partial charge in [-0.1, -0.05) is 0 Å². The van der Waals surface area contributed by atoms with Crippen LogP contribution in [0.5, 0.6) is 0 Å². The summed E-state index contributed by atoms with van der Waals surface area (Å²) in [5, 5.41) is 10.2. The molecule has 0 radical (unpaired) electrons. The number of carboxylic acid groups (broad SMARTS) is 1. The lowest BCUT2D eigenvalue weighted by atomic mass is 10.2. The van der Waals surface area contributed by atoms with E-state index < -0.39 is 18.1 Å². The summed E-state index contributed by atoms with van der Waals surface area (Å²) in [5.74, 6) is -3.52. The van der Waals surface area contributed by atoms with E-state index in [1.807, 2.05) is 0 Å². The van der Waals surface area contributed by atoms with Crippen LogP contribution in [-0.2, 0) is 4.79 Å². The van der Waals surface area contributed by atoms with Crippen molar-refractivity contribution in [3.63, 3.8) is 0 Å². The Morgan fingerprint density at radius 2 is 2.00 bits per heavy atom. The lowest BCUT2D eigenvalue weighted by Crippen LogP contribution is -2.30. The van der Waals surface area contributed by atoms with Crippen LogP contribution in [0, 0.1) is 6.92 Å². The molecule has 0 saturated heterocycles. The van der Waals surface area contributed by atoms with Crippen LogP contribution in [0.1, 0.15) is 16.1 Å². The summed E-state index contributed by atoms with van der Waals surface area (Å²) in [6.45, 7) is 1.34. The molecule has 0 aliphatic rings. The molecule has 1 aromatic rings. The number of amides is 1. The number of rotatable bonds is 2. The summed E-state index contributed by atoms with van der Waals surface area (Å²) >= 11 is 0. The SMILES string of the molecule is Cc1ncc(C(=O)O)cc1NC(=O)C(F)(F)F. The molecular formula is C9H7F3N2O3. The molecule has 17 heavy (non-hydrogen) atoms. The second-order valence-electron chi connectivity index (χ2n) is 3.11. The number of anilines is 1. The number of carboxylic acids is 1. The summed E-state index contributed by atoms with van der Waals surface area (Å²) in [6, 6.07) is 0.911. The van der Waals surface area contributed by atoms with E-state index in [0.717, 1.165) is 12.3 Å². The van der Waals surface area contributed by atoms with Gasteiger partial charge < -0.3 is 10.4 Å². The van der Waals surface area contributed by atoms with Crippen molar-refractivity contribution in [1.29, 1.82) is 0 Å². The van der Waals surface area contributed by atoms with Crippen LogP contribution < -0.4 is 5.32 Å². The van der Waals surface area contributed by atoms with Crippen LogP contribution >= 0.6 is 0 Å². The van der Waals surface area contributed by atoms with Crippen molar-refractivity contribution in [2.75, 3.05) is 5.32 Å². The molecule has 8 heteroatoms. The normalized spacial score (nSPS) is 11.1. The van der Waals surface area contributed by atoms with Gasteiger partial charge in [0, 0.05) is 6.20 Å². The van der Waals surface area contributed by atoms with Gasteiger partial charge >= 0.3 is 18.1 Å². The third kappa shape index (κ3) is 3.16. The maximum Gasteiger partial charge on any atom is 0.471 e. The summed E-state index contributed by atoms with van der Waals surface area (Å²) in [7, 11) is 0. The zero-order valence-electron chi connectivity index (χ0n) is 8.50.